The topological polar surface area (TPSA) is 53.2 Å². The van der Waals surface area contributed by atoms with Crippen molar-refractivity contribution in [1.29, 1.82) is 5.26 Å². The van der Waals surface area contributed by atoms with Crippen LogP contribution in [0.15, 0.2) is 24.3 Å². The number of nitrogens with zero attached hydrogens (tertiary/aromatic N) is 1. The fraction of sp³-hybridized carbons (Fsp3) is 0.500. The Bertz CT molecular complexity index is 413. The molecule has 1 aromatic rings. The molecule has 1 aliphatic heterocycles. The Balaban J connectivity index is 2.25. The molecule has 0 amide bonds. The Hall–Kier alpha value is -1.37. The van der Waals surface area contributed by atoms with Crippen molar-refractivity contribution < 1.29 is 9.84 Å². The van der Waals surface area contributed by atoms with Crippen molar-refractivity contribution >= 4 is 0 Å². The van der Waals surface area contributed by atoms with Crippen LogP contribution in [0.25, 0.3) is 0 Å². The molecule has 1 heterocycles. The van der Waals surface area contributed by atoms with Crippen LogP contribution in [0.5, 0.6) is 0 Å². The van der Waals surface area contributed by atoms with Gasteiger partial charge in [0, 0.05) is 6.61 Å². The lowest BCUT2D eigenvalue weighted by atomic mass is 9.76. The van der Waals surface area contributed by atoms with Crippen LogP contribution in [-0.2, 0) is 4.74 Å². The van der Waals surface area contributed by atoms with Crippen LogP contribution in [0.2, 0.25) is 0 Å². The molecule has 0 bridgehead atoms. The number of benzene rings is 1. The normalized spacial score (nSPS) is 26.2. The van der Waals surface area contributed by atoms with E-state index < -0.39 is 11.5 Å². The van der Waals surface area contributed by atoms with Crippen LogP contribution in [-0.4, -0.2) is 18.3 Å². The summed E-state index contributed by atoms with van der Waals surface area (Å²) in [4.78, 5) is 0. The molecular weight excluding hydrogens is 214 g/mol. The van der Waals surface area contributed by atoms with Gasteiger partial charge in [-0.25, -0.2) is 0 Å². The lowest BCUT2D eigenvalue weighted by Crippen LogP contribution is -2.36. The van der Waals surface area contributed by atoms with Gasteiger partial charge in [-0.05, 0) is 25.3 Å². The summed E-state index contributed by atoms with van der Waals surface area (Å²) in [5.74, 6) is 0. The van der Waals surface area contributed by atoms with Gasteiger partial charge in [0.15, 0.2) is 0 Å². The zero-order valence-electron chi connectivity index (χ0n) is 10.0. The molecule has 1 fully saturated rings. The quantitative estimate of drug-likeness (QED) is 0.850. The number of aliphatic hydroxyl groups is 1. The van der Waals surface area contributed by atoms with Crippen LogP contribution in [0, 0.1) is 23.7 Å². The molecule has 2 unspecified atom stereocenters. The lowest BCUT2D eigenvalue weighted by molar-refractivity contribution is -0.0505. The van der Waals surface area contributed by atoms with Gasteiger partial charge < -0.3 is 9.84 Å². The van der Waals surface area contributed by atoms with Crippen LogP contribution in [0.4, 0.5) is 0 Å². The van der Waals surface area contributed by atoms with Crippen molar-refractivity contribution in [2.45, 2.75) is 25.9 Å². The van der Waals surface area contributed by atoms with Crippen LogP contribution < -0.4 is 0 Å². The summed E-state index contributed by atoms with van der Waals surface area (Å²) in [6, 6.07) is 9.92. The standard InChI is InChI=1S/C14H17NO2/c1-11-3-5-12(6-4-11)13(16)14(9-15)7-2-8-17-10-14/h3-6,13,16H,2,7-8,10H2,1H3. The first-order chi connectivity index (χ1) is 8.18. The molecule has 0 saturated carbocycles. The number of aliphatic hydroxyl groups excluding tert-OH is 1. The van der Waals surface area contributed by atoms with Crippen molar-refractivity contribution in [2.75, 3.05) is 13.2 Å². The minimum Gasteiger partial charge on any atom is -0.387 e. The highest BCUT2D eigenvalue weighted by Gasteiger charge is 2.41. The molecule has 1 saturated heterocycles. The molecule has 3 nitrogen and oxygen atoms in total. The van der Waals surface area contributed by atoms with Crippen molar-refractivity contribution in [3.05, 3.63) is 35.4 Å². The average molecular weight is 231 g/mol. The highest BCUT2D eigenvalue weighted by molar-refractivity contribution is 5.26. The predicted octanol–water partition coefficient (Wildman–Crippen LogP) is 2.35. The van der Waals surface area contributed by atoms with E-state index in [1.807, 2.05) is 31.2 Å². The first-order valence-electron chi connectivity index (χ1n) is 5.91. The van der Waals surface area contributed by atoms with Crippen LogP contribution >= 0.6 is 0 Å². The lowest BCUT2D eigenvalue weighted by Gasteiger charge is -2.34. The van der Waals surface area contributed by atoms with Crippen molar-refractivity contribution in [2.24, 2.45) is 5.41 Å². The predicted molar refractivity (Wildman–Crippen MR) is 64.2 cm³/mol. The maximum atomic E-state index is 10.4. The minimum absolute atomic E-state index is 0.318. The summed E-state index contributed by atoms with van der Waals surface area (Å²) >= 11 is 0. The maximum Gasteiger partial charge on any atom is 0.111 e. The van der Waals surface area contributed by atoms with Gasteiger partial charge in [-0.1, -0.05) is 29.8 Å². The third-order valence-electron chi connectivity index (χ3n) is 3.41. The second-order valence-electron chi connectivity index (χ2n) is 4.74. The first-order valence-corrected chi connectivity index (χ1v) is 5.91. The Labute approximate surface area is 102 Å². The van der Waals surface area contributed by atoms with Crippen LogP contribution in [0.1, 0.15) is 30.1 Å². The average Bonchev–Trinajstić information content (AvgIpc) is 2.39. The van der Waals surface area contributed by atoms with Gasteiger partial charge in [-0.2, -0.15) is 5.26 Å². The van der Waals surface area contributed by atoms with Crippen molar-refractivity contribution in [1.82, 2.24) is 0 Å². The van der Waals surface area contributed by atoms with Crippen molar-refractivity contribution in [3.63, 3.8) is 0 Å². The molecular formula is C14H17NO2. The Morgan fingerprint density at radius 3 is 2.65 bits per heavy atom. The van der Waals surface area contributed by atoms with Gasteiger partial charge >= 0.3 is 0 Å². The van der Waals surface area contributed by atoms with Gasteiger partial charge in [0.1, 0.15) is 5.41 Å². The van der Waals surface area contributed by atoms with E-state index in [1.165, 1.54) is 0 Å². The number of hydrogen-bond donors (Lipinski definition) is 1. The largest absolute Gasteiger partial charge is 0.387 e. The zero-order valence-corrected chi connectivity index (χ0v) is 10.0. The number of nitriles is 1. The second kappa shape index (κ2) is 4.87. The number of rotatable bonds is 2. The zero-order chi connectivity index (χ0) is 12.3. The monoisotopic (exact) mass is 231 g/mol. The molecule has 1 aliphatic rings. The number of ether oxygens (including phenoxy) is 1. The molecule has 1 aromatic carbocycles. The summed E-state index contributed by atoms with van der Waals surface area (Å²) in [5.41, 5.74) is 1.16. The van der Waals surface area contributed by atoms with E-state index in [2.05, 4.69) is 6.07 Å². The van der Waals surface area contributed by atoms with E-state index in [4.69, 9.17) is 4.74 Å². The SMILES string of the molecule is Cc1ccc(C(O)C2(C#N)CCCOC2)cc1. The Morgan fingerprint density at radius 1 is 1.41 bits per heavy atom. The number of hydrogen-bond acceptors (Lipinski definition) is 3. The third-order valence-corrected chi connectivity index (χ3v) is 3.41. The first kappa shape index (κ1) is 12.1. The molecule has 0 spiro atoms. The molecule has 2 rings (SSSR count). The molecule has 1 N–H and O–H groups in total. The third kappa shape index (κ3) is 2.33. The smallest absolute Gasteiger partial charge is 0.111 e. The van der Waals surface area contributed by atoms with E-state index >= 15 is 0 Å². The summed E-state index contributed by atoms with van der Waals surface area (Å²) < 4.78 is 5.36. The van der Waals surface area contributed by atoms with Gasteiger partial charge in [-0.3, -0.25) is 0 Å². The van der Waals surface area contributed by atoms with E-state index in [-0.39, 0.29) is 0 Å². The van der Waals surface area contributed by atoms with Crippen molar-refractivity contribution in [3.8, 4) is 6.07 Å². The van der Waals surface area contributed by atoms with E-state index in [1.54, 1.807) is 0 Å². The molecule has 0 radical (unpaired) electrons. The van der Waals surface area contributed by atoms with E-state index in [0.29, 0.717) is 19.6 Å². The number of aryl methyl sites for hydroxylation is 1. The van der Waals surface area contributed by atoms with Gasteiger partial charge in [0.05, 0.1) is 18.8 Å². The molecule has 0 aromatic heterocycles. The summed E-state index contributed by atoms with van der Waals surface area (Å²) in [6.45, 7) is 3.00. The highest BCUT2D eigenvalue weighted by atomic mass is 16.5. The summed E-state index contributed by atoms with van der Waals surface area (Å²) in [5, 5.41) is 19.7. The molecule has 2 atom stereocenters. The fourth-order valence-electron chi connectivity index (χ4n) is 2.25. The maximum absolute atomic E-state index is 10.4. The summed E-state index contributed by atoms with van der Waals surface area (Å²) in [6.07, 6.45) is 0.753. The summed E-state index contributed by atoms with van der Waals surface area (Å²) in [7, 11) is 0. The van der Waals surface area contributed by atoms with Gasteiger partial charge in [0.2, 0.25) is 0 Å². The molecule has 17 heavy (non-hydrogen) atoms. The molecule has 3 heteroatoms. The van der Waals surface area contributed by atoms with E-state index in [0.717, 1.165) is 17.5 Å². The van der Waals surface area contributed by atoms with Gasteiger partial charge in [0.25, 0.3) is 0 Å². The second-order valence-corrected chi connectivity index (χ2v) is 4.74. The highest BCUT2D eigenvalue weighted by Crippen LogP contribution is 2.40. The Kier molecular flexibility index (Phi) is 3.46. The minimum atomic E-state index is -0.784. The van der Waals surface area contributed by atoms with Gasteiger partial charge in [-0.15, -0.1) is 0 Å². The molecule has 90 valence electrons. The molecule has 0 aliphatic carbocycles. The van der Waals surface area contributed by atoms with E-state index in [9.17, 15) is 10.4 Å². The Morgan fingerprint density at radius 2 is 2.12 bits per heavy atom. The fourth-order valence-corrected chi connectivity index (χ4v) is 2.25. The van der Waals surface area contributed by atoms with Crippen LogP contribution in [0.3, 0.4) is 0 Å².